The molecule has 26 heavy (non-hydrogen) atoms. The number of non-ortho nitro benzene ring substituents is 1. The summed E-state index contributed by atoms with van der Waals surface area (Å²) in [5, 5.41) is 19.1. The van der Waals surface area contributed by atoms with E-state index < -0.39 is 4.92 Å². The summed E-state index contributed by atoms with van der Waals surface area (Å²) in [7, 11) is 0. The molecule has 6 nitrogen and oxygen atoms in total. The van der Waals surface area contributed by atoms with E-state index in [9.17, 15) is 10.1 Å². The Morgan fingerprint density at radius 1 is 1.08 bits per heavy atom. The third-order valence-electron chi connectivity index (χ3n) is 4.33. The molecular weight excluding hydrogens is 330 g/mol. The largest absolute Gasteiger partial charge is 0.490 e. The smallest absolute Gasteiger partial charge is 0.269 e. The molecule has 0 radical (unpaired) electrons. The van der Waals surface area contributed by atoms with Crippen molar-refractivity contribution < 1.29 is 9.66 Å². The van der Waals surface area contributed by atoms with Crippen LogP contribution in [0.1, 0.15) is 44.2 Å². The van der Waals surface area contributed by atoms with E-state index in [4.69, 9.17) is 4.74 Å². The van der Waals surface area contributed by atoms with Crippen LogP contribution in [0.15, 0.2) is 46.6 Å². The number of unbranched alkanes of at least 4 members (excludes halogenated alkanes) is 1. The van der Waals surface area contributed by atoms with Gasteiger partial charge in [0, 0.05) is 12.1 Å². The van der Waals surface area contributed by atoms with E-state index in [2.05, 4.69) is 24.1 Å². The minimum atomic E-state index is -0.436. The molecule has 0 heterocycles. The van der Waals surface area contributed by atoms with Crippen LogP contribution < -0.4 is 4.74 Å². The van der Waals surface area contributed by atoms with Crippen molar-refractivity contribution in [3.05, 3.63) is 57.6 Å². The Morgan fingerprint density at radius 2 is 1.77 bits per heavy atom. The lowest BCUT2D eigenvalue weighted by atomic mass is 10.1. The summed E-state index contributed by atoms with van der Waals surface area (Å²) in [5.41, 5.74) is 3.43. The molecule has 2 aromatic carbocycles. The zero-order chi connectivity index (χ0) is 19.1. The lowest BCUT2D eigenvalue weighted by Gasteiger charge is -2.17. The molecular formula is C20H25N3O3. The summed E-state index contributed by atoms with van der Waals surface area (Å²) in [6.07, 6.45) is 3.53. The summed E-state index contributed by atoms with van der Waals surface area (Å²) in [6.45, 7) is 8.27. The predicted molar refractivity (Wildman–Crippen MR) is 103 cm³/mol. The molecule has 1 unspecified atom stereocenters. The second-order valence-corrected chi connectivity index (χ2v) is 6.38. The topological polar surface area (TPSA) is 77.1 Å². The number of hydrogen-bond donors (Lipinski definition) is 0. The highest BCUT2D eigenvalue weighted by atomic mass is 16.6. The second kappa shape index (κ2) is 9.08. The van der Waals surface area contributed by atoms with Gasteiger partial charge in [0.25, 0.3) is 5.69 Å². The molecule has 6 heteroatoms. The number of azo groups is 1. The van der Waals surface area contributed by atoms with Crippen molar-refractivity contribution >= 4 is 17.1 Å². The highest BCUT2D eigenvalue weighted by molar-refractivity contribution is 5.55. The molecule has 0 N–H and O–H groups in total. The number of hydrogen-bond acceptors (Lipinski definition) is 5. The molecule has 0 aliphatic heterocycles. The third-order valence-corrected chi connectivity index (χ3v) is 4.33. The third kappa shape index (κ3) is 5.12. The van der Waals surface area contributed by atoms with Crippen LogP contribution >= 0.6 is 0 Å². The van der Waals surface area contributed by atoms with Crippen LogP contribution in [-0.4, -0.2) is 11.0 Å². The summed E-state index contributed by atoms with van der Waals surface area (Å²) in [4.78, 5) is 10.2. The first-order valence-electron chi connectivity index (χ1n) is 8.85. The molecule has 2 rings (SSSR count). The van der Waals surface area contributed by atoms with Gasteiger partial charge in [0.1, 0.15) is 5.75 Å². The van der Waals surface area contributed by atoms with E-state index in [0.717, 1.165) is 41.8 Å². The predicted octanol–water partition coefficient (Wildman–Crippen LogP) is 6.58. The van der Waals surface area contributed by atoms with Crippen molar-refractivity contribution in [2.45, 2.75) is 53.1 Å². The molecule has 138 valence electrons. The number of nitro groups is 1. The van der Waals surface area contributed by atoms with Crippen LogP contribution in [0.25, 0.3) is 0 Å². The van der Waals surface area contributed by atoms with Gasteiger partial charge in [-0.15, -0.1) is 0 Å². The fraction of sp³-hybridized carbons (Fsp3) is 0.400. The fourth-order valence-electron chi connectivity index (χ4n) is 2.54. The molecule has 0 aliphatic rings. The molecule has 2 aromatic rings. The maximum Gasteiger partial charge on any atom is 0.269 e. The summed E-state index contributed by atoms with van der Waals surface area (Å²) in [5.74, 6) is 0.875. The lowest BCUT2D eigenvalue weighted by molar-refractivity contribution is -0.384. The Labute approximate surface area is 154 Å². The van der Waals surface area contributed by atoms with Crippen molar-refractivity contribution in [2.24, 2.45) is 10.2 Å². The number of benzene rings is 2. The molecule has 0 amide bonds. The van der Waals surface area contributed by atoms with E-state index in [-0.39, 0.29) is 11.8 Å². The van der Waals surface area contributed by atoms with Gasteiger partial charge in [-0.1, -0.05) is 19.8 Å². The molecule has 0 saturated carbocycles. The summed E-state index contributed by atoms with van der Waals surface area (Å²) < 4.78 is 6.05. The first kappa shape index (κ1) is 19.6. The monoisotopic (exact) mass is 355 g/mol. The van der Waals surface area contributed by atoms with Gasteiger partial charge < -0.3 is 4.74 Å². The van der Waals surface area contributed by atoms with Crippen molar-refractivity contribution in [1.29, 1.82) is 0 Å². The van der Waals surface area contributed by atoms with Gasteiger partial charge in [-0.3, -0.25) is 10.1 Å². The maximum absolute atomic E-state index is 10.7. The fourth-order valence-corrected chi connectivity index (χ4v) is 2.54. The van der Waals surface area contributed by atoms with Gasteiger partial charge in [-0.05, 0) is 62.6 Å². The van der Waals surface area contributed by atoms with Crippen LogP contribution in [0, 0.1) is 24.0 Å². The van der Waals surface area contributed by atoms with Gasteiger partial charge in [0.15, 0.2) is 0 Å². The van der Waals surface area contributed by atoms with E-state index in [1.54, 1.807) is 12.1 Å². The van der Waals surface area contributed by atoms with Crippen molar-refractivity contribution in [3.63, 3.8) is 0 Å². The number of rotatable bonds is 8. The zero-order valence-corrected chi connectivity index (χ0v) is 15.7. The van der Waals surface area contributed by atoms with Gasteiger partial charge in [-0.25, -0.2) is 0 Å². The minimum Gasteiger partial charge on any atom is -0.490 e. The van der Waals surface area contributed by atoms with Gasteiger partial charge in [0.05, 0.1) is 22.4 Å². The molecule has 0 fully saturated rings. The van der Waals surface area contributed by atoms with Gasteiger partial charge in [0.2, 0.25) is 0 Å². The van der Waals surface area contributed by atoms with Crippen LogP contribution in [0.5, 0.6) is 5.75 Å². The first-order valence-corrected chi connectivity index (χ1v) is 8.85. The molecule has 0 aromatic heterocycles. The number of nitro benzene ring substituents is 1. The normalized spacial score (nSPS) is 12.3. The maximum atomic E-state index is 10.7. The van der Waals surface area contributed by atoms with Crippen LogP contribution in [0.4, 0.5) is 17.1 Å². The standard InChI is InChI=1S/C20H25N3O3/c1-5-6-7-14(2)26-20-13-12-19(15(3)16(20)4)22-21-17-8-10-18(11-9-17)23(24)25/h8-14H,5-7H2,1-4H3. The van der Waals surface area contributed by atoms with Gasteiger partial charge >= 0.3 is 0 Å². The Morgan fingerprint density at radius 3 is 2.38 bits per heavy atom. The van der Waals surface area contributed by atoms with Crippen molar-refractivity contribution in [2.75, 3.05) is 0 Å². The highest BCUT2D eigenvalue weighted by Crippen LogP contribution is 2.31. The summed E-state index contributed by atoms with van der Waals surface area (Å²) in [6, 6.07) is 9.81. The Hall–Kier alpha value is -2.76. The Bertz CT molecular complexity index is 786. The van der Waals surface area contributed by atoms with Crippen molar-refractivity contribution in [3.8, 4) is 5.75 Å². The molecule has 0 spiro atoms. The average Bonchev–Trinajstić information content (AvgIpc) is 2.63. The SMILES string of the molecule is CCCCC(C)Oc1ccc(N=Nc2ccc([N+](=O)[O-])cc2)c(C)c1C. The van der Waals surface area contributed by atoms with Crippen LogP contribution in [-0.2, 0) is 0 Å². The van der Waals surface area contributed by atoms with Crippen LogP contribution in [0.3, 0.4) is 0 Å². The van der Waals surface area contributed by atoms with E-state index in [1.807, 2.05) is 26.0 Å². The van der Waals surface area contributed by atoms with E-state index in [1.165, 1.54) is 12.1 Å². The quantitative estimate of drug-likeness (QED) is 0.304. The number of nitrogens with zero attached hydrogens (tertiary/aromatic N) is 3. The highest BCUT2D eigenvalue weighted by Gasteiger charge is 2.10. The number of ether oxygens (including phenoxy) is 1. The zero-order valence-electron chi connectivity index (χ0n) is 15.7. The molecule has 0 aliphatic carbocycles. The molecule has 0 saturated heterocycles. The van der Waals surface area contributed by atoms with E-state index >= 15 is 0 Å². The Kier molecular flexibility index (Phi) is 6.83. The first-order chi connectivity index (χ1) is 12.4. The molecule has 1 atom stereocenters. The summed E-state index contributed by atoms with van der Waals surface area (Å²) >= 11 is 0. The van der Waals surface area contributed by atoms with Gasteiger partial charge in [-0.2, -0.15) is 10.2 Å². The van der Waals surface area contributed by atoms with E-state index in [0.29, 0.717) is 5.69 Å². The van der Waals surface area contributed by atoms with Crippen LogP contribution in [0.2, 0.25) is 0 Å². The second-order valence-electron chi connectivity index (χ2n) is 6.38. The minimum absolute atomic E-state index is 0.0367. The Balaban J connectivity index is 2.12. The van der Waals surface area contributed by atoms with Crippen molar-refractivity contribution in [1.82, 2.24) is 0 Å². The molecule has 0 bridgehead atoms. The lowest BCUT2D eigenvalue weighted by Crippen LogP contribution is -2.12. The average molecular weight is 355 g/mol.